The first kappa shape index (κ1) is 9.27. The summed E-state index contributed by atoms with van der Waals surface area (Å²) in [6.07, 6.45) is 1.73. The van der Waals surface area contributed by atoms with Crippen molar-refractivity contribution in [2.24, 2.45) is 0 Å². The SMILES string of the molecule is CC(=N)CCc1cccc(Cl)c1. The Morgan fingerprint density at radius 1 is 1.50 bits per heavy atom. The van der Waals surface area contributed by atoms with Crippen molar-refractivity contribution in [2.45, 2.75) is 19.8 Å². The molecule has 0 atom stereocenters. The molecule has 0 amide bonds. The highest BCUT2D eigenvalue weighted by molar-refractivity contribution is 6.30. The first-order valence-corrected chi connectivity index (χ1v) is 4.35. The van der Waals surface area contributed by atoms with Gasteiger partial charge in [-0.3, -0.25) is 0 Å². The summed E-state index contributed by atoms with van der Waals surface area (Å²) in [4.78, 5) is 0. The first-order chi connectivity index (χ1) is 5.68. The van der Waals surface area contributed by atoms with Crippen molar-refractivity contribution in [3.8, 4) is 0 Å². The van der Waals surface area contributed by atoms with E-state index in [1.54, 1.807) is 0 Å². The maximum Gasteiger partial charge on any atom is 0.0408 e. The van der Waals surface area contributed by atoms with Crippen LogP contribution >= 0.6 is 11.6 Å². The van der Waals surface area contributed by atoms with Crippen molar-refractivity contribution in [1.82, 2.24) is 0 Å². The minimum Gasteiger partial charge on any atom is -0.310 e. The molecule has 2 heteroatoms. The van der Waals surface area contributed by atoms with Gasteiger partial charge in [0.15, 0.2) is 0 Å². The summed E-state index contributed by atoms with van der Waals surface area (Å²) >= 11 is 5.81. The van der Waals surface area contributed by atoms with Gasteiger partial charge in [0.1, 0.15) is 0 Å². The Hall–Kier alpha value is -0.820. The number of rotatable bonds is 3. The Balaban J connectivity index is 2.57. The van der Waals surface area contributed by atoms with Gasteiger partial charge in [-0.1, -0.05) is 23.7 Å². The average Bonchev–Trinajstić information content (AvgIpc) is 2.01. The Morgan fingerprint density at radius 3 is 2.83 bits per heavy atom. The zero-order chi connectivity index (χ0) is 8.97. The number of benzene rings is 1. The van der Waals surface area contributed by atoms with Crippen LogP contribution in [0.5, 0.6) is 0 Å². The first-order valence-electron chi connectivity index (χ1n) is 3.97. The summed E-state index contributed by atoms with van der Waals surface area (Å²) in [6, 6.07) is 7.79. The highest BCUT2D eigenvalue weighted by Crippen LogP contribution is 2.12. The van der Waals surface area contributed by atoms with E-state index in [9.17, 15) is 0 Å². The molecule has 0 fully saturated rings. The summed E-state index contributed by atoms with van der Waals surface area (Å²) in [5, 5.41) is 8.04. The van der Waals surface area contributed by atoms with Crippen molar-refractivity contribution < 1.29 is 0 Å². The number of aryl methyl sites for hydroxylation is 1. The predicted octanol–water partition coefficient (Wildman–Crippen LogP) is 3.31. The number of hydrogen-bond acceptors (Lipinski definition) is 1. The van der Waals surface area contributed by atoms with Crippen LogP contribution in [0.15, 0.2) is 24.3 Å². The van der Waals surface area contributed by atoms with Crippen LogP contribution in [0.3, 0.4) is 0 Å². The van der Waals surface area contributed by atoms with E-state index in [2.05, 4.69) is 0 Å². The van der Waals surface area contributed by atoms with E-state index in [1.807, 2.05) is 31.2 Å². The van der Waals surface area contributed by atoms with Crippen molar-refractivity contribution in [3.63, 3.8) is 0 Å². The maximum absolute atomic E-state index is 7.26. The zero-order valence-electron chi connectivity index (χ0n) is 7.10. The molecule has 0 aliphatic carbocycles. The molecule has 0 spiro atoms. The van der Waals surface area contributed by atoms with Crippen LogP contribution in [-0.2, 0) is 6.42 Å². The number of hydrogen-bond donors (Lipinski definition) is 1. The normalized spacial score (nSPS) is 9.83. The molecule has 0 aliphatic rings. The molecule has 0 saturated carbocycles. The fraction of sp³-hybridized carbons (Fsp3) is 0.300. The highest BCUT2D eigenvalue weighted by atomic mass is 35.5. The summed E-state index contributed by atoms with van der Waals surface area (Å²) in [5.41, 5.74) is 1.92. The lowest BCUT2D eigenvalue weighted by Crippen LogP contribution is -1.92. The second-order valence-electron chi connectivity index (χ2n) is 2.91. The van der Waals surface area contributed by atoms with Gasteiger partial charge in [-0.25, -0.2) is 0 Å². The second-order valence-corrected chi connectivity index (χ2v) is 3.35. The molecule has 0 radical (unpaired) electrons. The Morgan fingerprint density at radius 2 is 2.25 bits per heavy atom. The molecule has 1 rings (SSSR count). The third-order valence-electron chi connectivity index (χ3n) is 1.68. The van der Waals surface area contributed by atoms with Crippen molar-refractivity contribution >= 4 is 17.3 Å². The monoisotopic (exact) mass is 181 g/mol. The fourth-order valence-corrected chi connectivity index (χ4v) is 1.24. The molecule has 0 aromatic heterocycles. The standard InChI is InChI=1S/C10H12ClN/c1-8(12)5-6-9-3-2-4-10(11)7-9/h2-4,7,12H,5-6H2,1H3. The predicted molar refractivity (Wildman–Crippen MR) is 53.2 cm³/mol. The van der Waals surface area contributed by atoms with Gasteiger partial charge >= 0.3 is 0 Å². The lowest BCUT2D eigenvalue weighted by atomic mass is 10.1. The molecule has 0 bridgehead atoms. The topological polar surface area (TPSA) is 23.9 Å². The van der Waals surface area contributed by atoms with Gasteiger partial charge in [0.25, 0.3) is 0 Å². The number of nitrogens with one attached hydrogen (secondary N) is 1. The highest BCUT2D eigenvalue weighted by Gasteiger charge is 1.94. The molecule has 64 valence electrons. The molecular formula is C10H12ClN. The van der Waals surface area contributed by atoms with Crippen LogP contribution in [0.25, 0.3) is 0 Å². The van der Waals surface area contributed by atoms with E-state index in [1.165, 1.54) is 5.56 Å². The number of halogens is 1. The summed E-state index contributed by atoms with van der Waals surface area (Å²) in [5.74, 6) is 0. The van der Waals surface area contributed by atoms with Crippen LogP contribution in [0.2, 0.25) is 5.02 Å². The molecule has 0 aliphatic heterocycles. The van der Waals surface area contributed by atoms with E-state index in [4.69, 9.17) is 17.0 Å². The lowest BCUT2D eigenvalue weighted by Gasteiger charge is -1.99. The van der Waals surface area contributed by atoms with Crippen LogP contribution in [-0.4, -0.2) is 5.71 Å². The minimum absolute atomic E-state index is 0.718. The van der Waals surface area contributed by atoms with Gasteiger partial charge < -0.3 is 5.41 Å². The molecule has 0 saturated heterocycles. The average molecular weight is 182 g/mol. The van der Waals surface area contributed by atoms with E-state index < -0.39 is 0 Å². The second kappa shape index (κ2) is 4.27. The van der Waals surface area contributed by atoms with E-state index in [0.717, 1.165) is 23.6 Å². The minimum atomic E-state index is 0.718. The largest absolute Gasteiger partial charge is 0.310 e. The maximum atomic E-state index is 7.26. The lowest BCUT2D eigenvalue weighted by molar-refractivity contribution is 1.02. The van der Waals surface area contributed by atoms with Crippen molar-refractivity contribution in [1.29, 1.82) is 5.41 Å². The van der Waals surface area contributed by atoms with Crippen LogP contribution in [0.1, 0.15) is 18.9 Å². The third kappa shape index (κ3) is 3.05. The van der Waals surface area contributed by atoms with Crippen molar-refractivity contribution in [2.75, 3.05) is 0 Å². The van der Waals surface area contributed by atoms with Gasteiger partial charge in [-0.2, -0.15) is 0 Å². The summed E-state index contributed by atoms with van der Waals surface area (Å²) < 4.78 is 0. The van der Waals surface area contributed by atoms with Crippen LogP contribution in [0, 0.1) is 5.41 Å². The smallest absolute Gasteiger partial charge is 0.0408 e. The zero-order valence-corrected chi connectivity index (χ0v) is 7.86. The molecule has 12 heavy (non-hydrogen) atoms. The van der Waals surface area contributed by atoms with Crippen molar-refractivity contribution in [3.05, 3.63) is 34.9 Å². The Kier molecular flexibility index (Phi) is 3.30. The van der Waals surface area contributed by atoms with Gasteiger partial charge in [-0.15, -0.1) is 0 Å². The summed E-state index contributed by atoms with van der Waals surface area (Å²) in [7, 11) is 0. The molecule has 0 heterocycles. The van der Waals surface area contributed by atoms with Gasteiger partial charge in [-0.05, 0) is 37.5 Å². The van der Waals surface area contributed by atoms with E-state index >= 15 is 0 Å². The molecule has 0 unspecified atom stereocenters. The van der Waals surface area contributed by atoms with E-state index in [0.29, 0.717) is 0 Å². The Labute approximate surface area is 77.9 Å². The Bertz CT molecular complexity index is 281. The van der Waals surface area contributed by atoms with Gasteiger partial charge in [0.2, 0.25) is 0 Å². The van der Waals surface area contributed by atoms with Crippen LogP contribution < -0.4 is 0 Å². The third-order valence-corrected chi connectivity index (χ3v) is 1.91. The molecular weight excluding hydrogens is 170 g/mol. The molecule has 1 N–H and O–H groups in total. The van der Waals surface area contributed by atoms with Crippen LogP contribution in [0.4, 0.5) is 0 Å². The molecule has 1 nitrogen and oxygen atoms in total. The van der Waals surface area contributed by atoms with Gasteiger partial charge in [0.05, 0.1) is 0 Å². The van der Waals surface area contributed by atoms with E-state index in [-0.39, 0.29) is 0 Å². The van der Waals surface area contributed by atoms with Gasteiger partial charge in [0, 0.05) is 10.7 Å². The molecule has 1 aromatic rings. The molecule has 1 aromatic carbocycles. The quantitative estimate of drug-likeness (QED) is 0.692. The fourth-order valence-electron chi connectivity index (χ4n) is 1.02. The summed E-state index contributed by atoms with van der Waals surface area (Å²) in [6.45, 7) is 1.82.